The molecule has 4 aliphatic rings. The van der Waals surface area contributed by atoms with E-state index in [1.165, 1.54) is 11.1 Å². The molecule has 2 N–H and O–H groups in total. The molecule has 134 valence electrons. The van der Waals surface area contributed by atoms with Gasteiger partial charge in [0.15, 0.2) is 11.2 Å². The van der Waals surface area contributed by atoms with Gasteiger partial charge in [0.25, 0.3) is 0 Å². The molecular weight excluding hydrogens is 324 g/mol. The lowest BCUT2D eigenvalue weighted by Crippen LogP contribution is -3.41. The SMILES string of the molecule is COc1ccc(C2[NH+]3CC4(C)C[NH+]2CC(c2ccccc2)(C3)C4=O)cc1. The fourth-order valence-electron chi connectivity index (χ4n) is 5.98. The van der Waals surface area contributed by atoms with Crippen LogP contribution >= 0.6 is 0 Å². The first kappa shape index (κ1) is 16.0. The molecular formula is C22H26N2O2+2. The highest BCUT2D eigenvalue weighted by molar-refractivity contribution is 5.96. The van der Waals surface area contributed by atoms with E-state index in [1.807, 2.05) is 6.07 Å². The van der Waals surface area contributed by atoms with Gasteiger partial charge in [-0.3, -0.25) is 14.6 Å². The second kappa shape index (κ2) is 5.41. The van der Waals surface area contributed by atoms with Crippen molar-refractivity contribution in [3.63, 3.8) is 0 Å². The summed E-state index contributed by atoms with van der Waals surface area (Å²) in [5.41, 5.74) is 2.04. The van der Waals surface area contributed by atoms with Gasteiger partial charge >= 0.3 is 0 Å². The van der Waals surface area contributed by atoms with E-state index in [1.54, 1.807) is 16.9 Å². The van der Waals surface area contributed by atoms with Crippen LogP contribution in [0.4, 0.5) is 0 Å². The van der Waals surface area contributed by atoms with Crippen LogP contribution in [0.2, 0.25) is 0 Å². The predicted molar refractivity (Wildman–Crippen MR) is 98.4 cm³/mol. The summed E-state index contributed by atoms with van der Waals surface area (Å²) in [4.78, 5) is 16.6. The molecule has 0 spiro atoms. The molecule has 0 radical (unpaired) electrons. The highest BCUT2D eigenvalue weighted by Gasteiger charge is 2.70. The number of piperidine rings is 2. The molecule has 4 nitrogen and oxygen atoms in total. The van der Waals surface area contributed by atoms with Gasteiger partial charge in [0.2, 0.25) is 6.17 Å². The summed E-state index contributed by atoms with van der Waals surface area (Å²) in [6.07, 6.45) is 0.416. The van der Waals surface area contributed by atoms with Crippen LogP contribution in [0.3, 0.4) is 0 Å². The minimum Gasteiger partial charge on any atom is -0.497 e. The third kappa shape index (κ3) is 2.06. The minimum atomic E-state index is -0.319. The van der Waals surface area contributed by atoms with Gasteiger partial charge in [-0.1, -0.05) is 30.3 Å². The van der Waals surface area contributed by atoms with Gasteiger partial charge in [0.1, 0.15) is 37.3 Å². The number of benzene rings is 2. The first-order valence-corrected chi connectivity index (χ1v) is 9.49. The van der Waals surface area contributed by atoms with E-state index in [-0.39, 0.29) is 10.8 Å². The summed E-state index contributed by atoms with van der Waals surface area (Å²) < 4.78 is 5.32. The Bertz CT molecular complexity index is 830. The van der Waals surface area contributed by atoms with E-state index >= 15 is 0 Å². The van der Waals surface area contributed by atoms with E-state index in [0.29, 0.717) is 11.9 Å². The Kier molecular flexibility index (Phi) is 3.34. The standard InChI is InChI=1S/C22H24N2O2/c1-21-12-23-14-22(20(21)25,17-6-4-3-5-7-17)15-24(13-21)19(23)16-8-10-18(26-2)11-9-16/h3-11,19H,12-15H2,1-2H3/p+2. The normalized spacial score (nSPS) is 37.8. The number of nitrogens with one attached hydrogen (secondary N) is 2. The topological polar surface area (TPSA) is 35.2 Å². The third-order valence-corrected chi connectivity index (χ3v) is 6.87. The van der Waals surface area contributed by atoms with Crippen molar-refractivity contribution >= 4 is 5.78 Å². The second-order valence-corrected chi connectivity index (χ2v) is 8.57. The van der Waals surface area contributed by atoms with Crippen LogP contribution in [-0.4, -0.2) is 39.1 Å². The number of ether oxygens (including phenoxy) is 1. The van der Waals surface area contributed by atoms with E-state index in [0.717, 1.165) is 31.9 Å². The van der Waals surface area contributed by atoms with Gasteiger partial charge < -0.3 is 4.74 Å². The number of carbonyl (C=O) groups is 1. The first-order valence-electron chi connectivity index (χ1n) is 9.49. The fraction of sp³-hybridized carbons (Fsp3) is 0.409. The number of quaternary nitrogens is 2. The second-order valence-electron chi connectivity index (χ2n) is 8.57. The molecule has 2 atom stereocenters. The average molecular weight is 350 g/mol. The zero-order valence-corrected chi connectivity index (χ0v) is 15.4. The summed E-state index contributed by atoms with van der Waals surface area (Å²) in [5, 5.41) is 0. The van der Waals surface area contributed by atoms with Gasteiger partial charge in [0, 0.05) is 0 Å². The van der Waals surface area contributed by atoms with Crippen molar-refractivity contribution in [1.82, 2.24) is 0 Å². The minimum absolute atomic E-state index is 0.208. The molecule has 0 aromatic heterocycles. The number of rotatable bonds is 3. The summed E-state index contributed by atoms with van der Waals surface area (Å²) in [6, 6.07) is 19.0. The zero-order chi connectivity index (χ0) is 17.9. The average Bonchev–Trinajstić information content (AvgIpc) is 2.66. The Morgan fingerprint density at radius 3 is 2.12 bits per heavy atom. The lowest BCUT2D eigenvalue weighted by molar-refractivity contribution is -1.18. The number of Topliss-reactive ketones (excluding diaryl/α,β-unsaturated/α-hetero) is 1. The van der Waals surface area contributed by atoms with Gasteiger partial charge in [-0.15, -0.1) is 0 Å². The molecule has 2 aromatic rings. The summed E-state index contributed by atoms with van der Waals surface area (Å²) in [5.74, 6) is 1.37. The van der Waals surface area contributed by atoms with Crippen molar-refractivity contribution in [2.24, 2.45) is 5.41 Å². The maximum Gasteiger partial charge on any atom is 0.240 e. The van der Waals surface area contributed by atoms with E-state index in [9.17, 15) is 4.79 Å². The Labute approximate surface area is 154 Å². The summed E-state index contributed by atoms with van der Waals surface area (Å²) in [6.45, 7) is 5.90. The Morgan fingerprint density at radius 1 is 0.923 bits per heavy atom. The molecule has 0 saturated carbocycles. The number of carbonyl (C=O) groups excluding carboxylic acids is 1. The molecule has 4 heterocycles. The fourth-order valence-corrected chi connectivity index (χ4v) is 5.98. The maximum atomic E-state index is 13.5. The van der Waals surface area contributed by atoms with Crippen molar-refractivity contribution in [1.29, 1.82) is 0 Å². The highest BCUT2D eigenvalue weighted by Crippen LogP contribution is 2.39. The molecule has 0 aliphatic carbocycles. The summed E-state index contributed by atoms with van der Waals surface area (Å²) in [7, 11) is 1.71. The smallest absolute Gasteiger partial charge is 0.240 e. The van der Waals surface area contributed by atoms with Gasteiger partial charge in [-0.05, 0) is 36.8 Å². The predicted octanol–water partition coefficient (Wildman–Crippen LogP) is 0.0178. The van der Waals surface area contributed by atoms with Crippen LogP contribution in [0.1, 0.15) is 24.2 Å². The molecule has 2 unspecified atom stereocenters. The van der Waals surface area contributed by atoms with Gasteiger partial charge in [-0.25, -0.2) is 0 Å². The largest absolute Gasteiger partial charge is 0.497 e. The zero-order valence-electron chi connectivity index (χ0n) is 15.4. The molecule has 4 heteroatoms. The van der Waals surface area contributed by atoms with Crippen LogP contribution in [0.25, 0.3) is 0 Å². The van der Waals surface area contributed by atoms with E-state index in [4.69, 9.17) is 4.74 Å². The highest BCUT2D eigenvalue weighted by atomic mass is 16.5. The number of hydrogen-bond acceptors (Lipinski definition) is 2. The third-order valence-electron chi connectivity index (χ3n) is 6.87. The molecule has 6 rings (SSSR count). The monoisotopic (exact) mass is 350 g/mol. The maximum absolute atomic E-state index is 13.5. The van der Waals surface area contributed by atoms with Crippen LogP contribution in [0.5, 0.6) is 5.75 Å². The molecule has 2 aromatic carbocycles. The van der Waals surface area contributed by atoms with Crippen LogP contribution in [0.15, 0.2) is 54.6 Å². The van der Waals surface area contributed by atoms with E-state index < -0.39 is 0 Å². The van der Waals surface area contributed by atoms with Gasteiger partial charge in [0.05, 0.1) is 12.7 Å². The molecule has 26 heavy (non-hydrogen) atoms. The Hall–Kier alpha value is -2.17. The van der Waals surface area contributed by atoms with E-state index in [2.05, 4.69) is 55.5 Å². The van der Waals surface area contributed by atoms with Crippen LogP contribution in [-0.2, 0) is 10.2 Å². The van der Waals surface area contributed by atoms with Crippen molar-refractivity contribution < 1.29 is 19.3 Å². The molecule has 4 fully saturated rings. The van der Waals surface area contributed by atoms with Crippen molar-refractivity contribution in [3.05, 3.63) is 65.7 Å². The number of hydrogen-bond donors (Lipinski definition) is 2. The summed E-state index contributed by atoms with van der Waals surface area (Å²) >= 11 is 0. The Morgan fingerprint density at radius 2 is 1.54 bits per heavy atom. The molecule has 4 bridgehead atoms. The molecule has 4 aliphatic heterocycles. The van der Waals surface area contributed by atoms with Crippen molar-refractivity contribution in [2.45, 2.75) is 18.5 Å². The molecule has 0 amide bonds. The van der Waals surface area contributed by atoms with Crippen molar-refractivity contribution in [2.75, 3.05) is 33.3 Å². The number of methoxy groups -OCH3 is 1. The first-order chi connectivity index (χ1) is 12.6. The Balaban J connectivity index is 1.56. The van der Waals surface area contributed by atoms with Crippen molar-refractivity contribution in [3.8, 4) is 5.75 Å². The lowest BCUT2D eigenvalue weighted by Gasteiger charge is -2.59. The number of ketones is 1. The van der Waals surface area contributed by atoms with Gasteiger partial charge in [-0.2, -0.15) is 0 Å². The lowest BCUT2D eigenvalue weighted by atomic mass is 9.58. The molecule has 4 saturated heterocycles. The quantitative estimate of drug-likeness (QED) is 0.819. The van der Waals surface area contributed by atoms with Crippen LogP contribution in [0, 0.1) is 5.41 Å². The van der Waals surface area contributed by atoms with Crippen LogP contribution < -0.4 is 14.5 Å².